The predicted octanol–water partition coefficient (Wildman–Crippen LogP) is 5.01. The van der Waals surface area contributed by atoms with E-state index in [0.717, 1.165) is 22.2 Å². The summed E-state index contributed by atoms with van der Waals surface area (Å²) in [6, 6.07) is 10.7. The van der Waals surface area contributed by atoms with Crippen LogP contribution in [0.4, 0.5) is 10.5 Å². The summed E-state index contributed by atoms with van der Waals surface area (Å²) >= 11 is 4.22. The van der Waals surface area contributed by atoms with Crippen LogP contribution in [0, 0.1) is 6.92 Å². The van der Waals surface area contributed by atoms with Crippen molar-refractivity contribution in [2.24, 2.45) is 0 Å². The number of aryl methyl sites for hydroxylation is 1. The van der Waals surface area contributed by atoms with Crippen LogP contribution in [-0.2, 0) is 9.59 Å². The minimum atomic E-state index is -0.527. The number of hydrogen-bond donors (Lipinski definition) is 1. The van der Waals surface area contributed by atoms with Gasteiger partial charge in [-0.05, 0) is 70.5 Å². The zero-order valence-electron chi connectivity index (χ0n) is 17.5. The van der Waals surface area contributed by atoms with E-state index in [1.54, 1.807) is 36.4 Å². The van der Waals surface area contributed by atoms with Crippen molar-refractivity contribution in [1.29, 1.82) is 0 Å². The standard InChI is InChI=1S/C23H21BrN2O5S/c1-4-9-31-21-17(24)10-15(11-18(21)30-3)12-19-22(28)26(23(29)32-19)13-20(27)25-16-7-5-14(2)6-8-16/h4-8,10-12H,1,9,13H2,2-3H3,(H,25,27). The van der Waals surface area contributed by atoms with Gasteiger partial charge in [0.05, 0.1) is 16.5 Å². The Morgan fingerprint density at radius 2 is 1.97 bits per heavy atom. The van der Waals surface area contributed by atoms with Gasteiger partial charge in [0.15, 0.2) is 11.5 Å². The SMILES string of the molecule is C=CCOc1c(Br)cc(C=C2SC(=O)N(CC(=O)Nc3ccc(C)cc3)C2=O)cc1OC. The average molecular weight is 517 g/mol. The van der Waals surface area contributed by atoms with E-state index >= 15 is 0 Å². The van der Waals surface area contributed by atoms with Gasteiger partial charge in [-0.1, -0.05) is 30.4 Å². The summed E-state index contributed by atoms with van der Waals surface area (Å²) in [5, 5.41) is 2.19. The highest BCUT2D eigenvalue weighted by Gasteiger charge is 2.36. The highest BCUT2D eigenvalue weighted by molar-refractivity contribution is 9.10. The van der Waals surface area contributed by atoms with E-state index < -0.39 is 17.1 Å². The Bertz CT molecular complexity index is 1100. The number of benzene rings is 2. The fourth-order valence-electron chi connectivity index (χ4n) is 2.87. The van der Waals surface area contributed by atoms with Gasteiger partial charge in [-0.2, -0.15) is 0 Å². The maximum absolute atomic E-state index is 12.8. The summed E-state index contributed by atoms with van der Waals surface area (Å²) in [4.78, 5) is 38.6. The molecule has 1 aliphatic rings. The van der Waals surface area contributed by atoms with Crippen LogP contribution in [0.25, 0.3) is 6.08 Å². The molecular formula is C23H21BrN2O5S. The summed E-state index contributed by atoms with van der Waals surface area (Å²) in [6.45, 7) is 5.50. The lowest BCUT2D eigenvalue weighted by Crippen LogP contribution is -2.36. The first kappa shape index (κ1) is 23.6. The molecule has 2 aromatic carbocycles. The van der Waals surface area contributed by atoms with E-state index in [1.807, 2.05) is 19.1 Å². The third kappa shape index (κ3) is 5.60. The molecule has 0 spiro atoms. The van der Waals surface area contributed by atoms with Crippen molar-refractivity contribution in [2.75, 3.05) is 25.6 Å². The van der Waals surface area contributed by atoms with E-state index in [-0.39, 0.29) is 11.4 Å². The number of thioether (sulfide) groups is 1. The van der Waals surface area contributed by atoms with E-state index in [2.05, 4.69) is 27.8 Å². The number of anilines is 1. The maximum atomic E-state index is 12.8. The molecule has 0 unspecified atom stereocenters. The molecule has 32 heavy (non-hydrogen) atoms. The average Bonchev–Trinajstić information content (AvgIpc) is 3.01. The van der Waals surface area contributed by atoms with Crippen LogP contribution in [-0.4, -0.2) is 42.2 Å². The quantitative estimate of drug-likeness (QED) is 0.392. The second kappa shape index (κ2) is 10.5. The van der Waals surface area contributed by atoms with Crippen molar-refractivity contribution < 1.29 is 23.9 Å². The van der Waals surface area contributed by atoms with Crippen molar-refractivity contribution in [1.82, 2.24) is 4.90 Å². The van der Waals surface area contributed by atoms with E-state index in [0.29, 0.717) is 33.8 Å². The molecule has 0 aromatic heterocycles. The van der Waals surface area contributed by atoms with Crippen molar-refractivity contribution >= 4 is 56.5 Å². The summed E-state index contributed by atoms with van der Waals surface area (Å²) < 4.78 is 11.6. The van der Waals surface area contributed by atoms with Gasteiger partial charge < -0.3 is 14.8 Å². The summed E-state index contributed by atoms with van der Waals surface area (Å²) in [6.07, 6.45) is 3.19. The lowest BCUT2D eigenvalue weighted by Gasteiger charge is -2.13. The van der Waals surface area contributed by atoms with Crippen molar-refractivity contribution in [3.63, 3.8) is 0 Å². The lowest BCUT2D eigenvalue weighted by atomic mass is 10.2. The molecule has 2 aromatic rings. The Hall–Kier alpha value is -3.04. The molecule has 0 aliphatic carbocycles. The molecule has 1 N–H and O–H groups in total. The maximum Gasteiger partial charge on any atom is 0.294 e. The highest BCUT2D eigenvalue weighted by atomic mass is 79.9. The second-order valence-corrected chi connectivity index (χ2v) is 8.66. The molecule has 3 rings (SSSR count). The van der Waals surface area contributed by atoms with Gasteiger partial charge in [0, 0.05) is 5.69 Å². The topological polar surface area (TPSA) is 84.9 Å². The Morgan fingerprint density at radius 1 is 1.25 bits per heavy atom. The van der Waals surface area contributed by atoms with Gasteiger partial charge in [-0.25, -0.2) is 0 Å². The number of nitrogens with zero attached hydrogens (tertiary/aromatic N) is 1. The summed E-state index contributed by atoms with van der Waals surface area (Å²) in [5.41, 5.74) is 2.29. The minimum absolute atomic E-state index is 0.215. The number of rotatable bonds is 8. The molecular weight excluding hydrogens is 496 g/mol. The zero-order valence-corrected chi connectivity index (χ0v) is 19.9. The van der Waals surface area contributed by atoms with Crippen LogP contribution in [0.15, 0.2) is 58.4 Å². The molecule has 1 aliphatic heterocycles. The second-order valence-electron chi connectivity index (χ2n) is 6.82. The van der Waals surface area contributed by atoms with Crippen LogP contribution >= 0.6 is 27.7 Å². The van der Waals surface area contributed by atoms with Crippen LogP contribution in [0.1, 0.15) is 11.1 Å². The van der Waals surface area contributed by atoms with E-state index in [9.17, 15) is 14.4 Å². The molecule has 0 saturated carbocycles. The molecule has 0 bridgehead atoms. The molecule has 166 valence electrons. The van der Waals surface area contributed by atoms with Crippen LogP contribution in [0.3, 0.4) is 0 Å². The lowest BCUT2D eigenvalue weighted by molar-refractivity contribution is -0.127. The van der Waals surface area contributed by atoms with Crippen molar-refractivity contribution in [3.8, 4) is 11.5 Å². The van der Waals surface area contributed by atoms with E-state index in [4.69, 9.17) is 9.47 Å². The normalized spacial score (nSPS) is 14.6. The minimum Gasteiger partial charge on any atom is -0.493 e. The smallest absolute Gasteiger partial charge is 0.294 e. The number of nitrogens with one attached hydrogen (secondary N) is 1. The van der Waals surface area contributed by atoms with Gasteiger partial charge in [0.2, 0.25) is 5.91 Å². The molecule has 1 heterocycles. The third-order valence-electron chi connectivity index (χ3n) is 4.41. The number of amides is 3. The summed E-state index contributed by atoms with van der Waals surface area (Å²) in [5.74, 6) is -0.0127. The molecule has 1 saturated heterocycles. The van der Waals surface area contributed by atoms with Crippen molar-refractivity contribution in [2.45, 2.75) is 6.92 Å². The molecule has 0 atom stereocenters. The third-order valence-corrected chi connectivity index (χ3v) is 5.90. The number of carbonyl (C=O) groups is 3. The van der Waals surface area contributed by atoms with Crippen LogP contribution < -0.4 is 14.8 Å². The highest BCUT2D eigenvalue weighted by Crippen LogP contribution is 2.39. The molecule has 7 nitrogen and oxygen atoms in total. The number of imide groups is 1. The van der Waals surface area contributed by atoms with Gasteiger partial charge in [-0.15, -0.1) is 0 Å². The van der Waals surface area contributed by atoms with Gasteiger partial charge in [0.1, 0.15) is 13.2 Å². The van der Waals surface area contributed by atoms with Gasteiger partial charge in [0.25, 0.3) is 11.1 Å². The first-order valence-electron chi connectivity index (χ1n) is 9.55. The van der Waals surface area contributed by atoms with Crippen LogP contribution in [0.5, 0.6) is 11.5 Å². The van der Waals surface area contributed by atoms with E-state index in [1.165, 1.54) is 7.11 Å². The Morgan fingerprint density at radius 3 is 2.62 bits per heavy atom. The van der Waals surface area contributed by atoms with Gasteiger partial charge >= 0.3 is 0 Å². The Balaban J connectivity index is 1.74. The number of ether oxygens (including phenoxy) is 2. The molecule has 3 amide bonds. The monoisotopic (exact) mass is 516 g/mol. The number of methoxy groups -OCH3 is 1. The zero-order chi connectivity index (χ0) is 23.3. The Kier molecular flexibility index (Phi) is 7.76. The van der Waals surface area contributed by atoms with Crippen LogP contribution in [0.2, 0.25) is 0 Å². The fourth-order valence-corrected chi connectivity index (χ4v) is 4.29. The van der Waals surface area contributed by atoms with Gasteiger partial charge in [-0.3, -0.25) is 19.3 Å². The Labute approximate surface area is 198 Å². The molecule has 1 fully saturated rings. The van der Waals surface area contributed by atoms with Crippen molar-refractivity contribution in [3.05, 3.63) is 69.6 Å². The largest absolute Gasteiger partial charge is 0.493 e. The molecule has 9 heteroatoms. The summed E-state index contributed by atoms with van der Waals surface area (Å²) in [7, 11) is 1.51. The number of halogens is 1. The molecule has 0 radical (unpaired) electrons. The predicted molar refractivity (Wildman–Crippen MR) is 129 cm³/mol. The fraction of sp³-hybridized carbons (Fsp3) is 0.174. The first-order valence-corrected chi connectivity index (χ1v) is 11.2. The number of hydrogen-bond acceptors (Lipinski definition) is 6. The number of carbonyl (C=O) groups excluding carboxylic acids is 3. The first-order chi connectivity index (χ1) is 15.3.